The van der Waals surface area contributed by atoms with Gasteiger partial charge < -0.3 is 9.84 Å². The fourth-order valence-corrected chi connectivity index (χ4v) is 2.16. The van der Waals surface area contributed by atoms with Gasteiger partial charge in [-0.05, 0) is 44.2 Å². The van der Waals surface area contributed by atoms with Gasteiger partial charge in [0, 0.05) is 6.42 Å². The van der Waals surface area contributed by atoms with E-state index in [-0.39, 0.29) is 12.2 Å². The zero-order valence-corrected chi connectivity index (χ0v) is 13.2. The van der Waals surface area contributed by atoms with Crippen LogP contribution in [0.5, 0.6) is 5.75 Å². The fourth-order valence-electron chi connectivity index (χ4n) is 2.16. The van der Waals surface area contributed by atoms with Crippen molar-refractivity contribution in [3.63, 3.8) is 0 Å². The predicted octanol–water partition coefficient (Wildman–Crippen LogP) is 2.72. The number of hydrogen-bond donors (Lipinski definition) is 1. The molecule has 0 amide bonds. The molecule has 0 fully saturated rings. The summed E-state index contributed by atoms with van der Waals surface area (Å²) < 4.78 is 17.3. The third kappa shape index (κ3) is 6.59. The highest BCUT2D eigenvalue weighted by Gasteiger charge is 2.24. The summed E-state index contributed by atoms with van der Waals surface area (Å²) in [5.41, 5.74) is 0.821. The Balaban J connectivity index is 2.67. The van der Waals surface area contributed by atoms with Crippen LogP contribution in [-0.4, -0.2) is 42.9 Å². The number of halogens is 1. The number of hydrogen-bond acceptors (Lipinski definition) is 4. The van der Waals surface area contributed by atoms with E-state index in [4.69, 9.17) is 4.74 Å². The molecule has 6 heteroatoms. The number of nitrogens with zero attached hydrogens (tertiary/aromatic N) is 1. The van der Waals surface area contributed by atoms with Crippen LogP contribution in [0, 0.1) is 5.92 Å². The molecule has 0 spiro atoms. The predicted molar refractivity (Wildman–Crippen MR) is 86.0 cm³/mol. The largest absolute Gasteiger partial charge is 0.494 e. The smallest absolute Gasteiger partial charge is 0.306 e. The van der Waals surface area contributed by atoms with Crippen LogP contribution >= 0.6 is 0 Å². The molecular formula is C17H22FNO4. The molecule has 1 aromatic rings. The maximum Gasteiger partial charge on any atom is 0.306 e. The van der Waals surface area contributed by atoms with Crippen molar-refractivity contribution in [3.8, 4) is 5.75 Å². The van der Waals surface area contributed by atoms with Gasteiger partial charge in [0.25, 0.3) is 0 Å². The van der Waals surface area contributed by atoms with Crippen LogP contribution < -0.4 is 4.74 Å². The lowest BCUT2D eigenvalue weighted by molar-refractivity contribution is -0.142. The van der Waals surface area contributed by atoms with Crippen LogP contribution in [0.25, 0.3) is 0 Å². The number of carboxylic acid groups (broad SMARTS) is 1. The molecule has 0 bridgehead atoms. The van der Waals surface area contributed by atoms with Gasteiger partial charge in [-0.25, -0.2) is 0 Å². The van der Waals surface area contributed by atoms with Crippen molar-refractivity contribution in [2.24, 2.45) is 10.9 Å². The summed E-state index contributed by atoms with van der Waals surface area (Å²) in [6.45, 7) is 4.60. The molecule has 0 saturated heterocycles. The van der Waals surface area contributed by atoms with Crippen molar-refractivity contribution in [1.29, 1.82) is 0 Å². The van der Waals surface area contributed by atoms with Crippen molar-refractivity contribution >= 4 is 18.5 Å². The second-order valence-corrected chi connectivity index (χ2v) is 5.32. The van der Waals surface area contributed by atoms with Crippen LogP contribution in [0.15, 0.2) is 29.3 Å². The molecule has 0 aromatic heterocycles. The summed E-state index contributed by atoms with van der Waals surface area (Å²) in [5.74, 6) is -1.26. The van der Waals surface area contributed by atoms with Gasteiger partial charge in [-0.3, -0.25) is 19.0 Å². The maximum atomic E-state index is 12.0. The normalized spacial score (nSPS) is 13.1. The molecule has 126 valence electrons. The Labute approximate surface area is 135 Å². The molecule has 0 aliphatic rings. The Hall–Kier alpha value is -2.24. The van der Waals surface area contributed by atoms with E-state index in [9.17, 15) is 19.1 Å². The van der Waals surface area contributed by atoms with Crippen LogP contribution in [0.2, 0.25) is 0 Å². The van der Waals surface area contributed by atoms with E-state index in [1.54, 1.807) is 24.3 Å². The Kier molecular flexibility index (Phi) is 7.94. The average molecular weight is 323 g/mol. The van der Waals surface area contributed by atoms with E-state index in [1.165, 1.54) is 6.92 Å². The number of aliphatic carboxylic acids is 1. The summed E-state index contributed by atoms with van der Waals surface area (Å²) >= 11 is 0. The third-order valence-electron chi connectivity index (χ3n) is 3.50. The van der Waals surface area contributed by atoms with Gasteiger partial charge in [-0.1, -0.05) is 12.1 Å². The molecule has 5 nitrogen and oxygen atoms in total. The molecule has 0 aliphatic carbocycles. The van der Waals surface area contributed by atoms with Gasteiger partial charge in [0.15, 0.2) is 5.78 Å². The first-order chi connectivity index (χ1) is 11.0. The van der Waals surface area contributed by atoms with E-state index in [0.29, 0.717) is 25.2 Å². The number of ketones is 1. The molecule has 1 aromatic carbocycles. The highest BCUT2D eigenvalue weighted by atomic mass is 19.1. The maximum absolute atomic E-state index is 12.0. The molecule has 0 unspecified atom stereocenters. The Bertz CT molecular complexity index is 530. The molecule has 1 N–H and O–H groups in total. The standard InChI is InChI=1S/C17H22FNO4/c1-12(20)16(19-2)11-14(17(21)22)10-13-4-6-15(7-5-13)23-9-3-8-18/h4-7,14,16H,2-3,8-11H2,1H3,(H,21,22)/t14-,16-/m1/s1. The number of carbonyl (C=O) groups excluding carboxylic acids is 1. The lowest BCUT2D eigenvalue weighted by Crippen LogP contribution is -2.25. The quantitative estimate of drug-likeness (QED) is 0.502. The minimum absolute atomic E-state index is 0.128. The van der Waals surface area contributed by atoms with Crippen molar-refractivity contribution in [2.75, 3.05) is 13.3 Å². The lowest BCUT2D eigenvalue weighted by Gasteiger charge is -2.16. The number of carbonyl (C=O) groups is 2. The first-order valence-electron chi connectivity index (χ1n) is 7.44. The highest BCUT2D eigenvalue weighted by molar-refractivity contribution is 5.83. The van der Waals surface area contributed by atoms with Gasteiger partial charge in [-0.2, -0.15) is 0 Å². The highest BCUT2D eigenvalue weighted by Crippen LogP contribution is 2.19. The first kappa shape index (κ1) is 18.8. The second-order valence-electron chi connectivity index (χ2n) is 5.32. The topological polar surface area (TPSA) is 76.0 Å². The number of ether oxygens (including phenoxy) is 1. The number of Topliss-reactive ketones (excluding diaryl/α,β-unsaturated/α-hetero) is 1. The average Bonchev–Trinajstić information content (AvgIpc) is 2.52. The van der Waals surface area contributed by atoms with Crippen LogP contribution in [0.4, 0.5) is 4.39 Å². The van der Waals surface area contributed by atoms with Gasteiger partial charge in [0.1, 0.15) is 11.8 Å². The third-order valence-corrected chi connectivity index (χ3v) is 3.50. The number of aliphatic imine (C=N–C) groups is 1. The van der Waals surface area contributed by atoms with Gasteiger partial charge in [0.05, 0.1) is 19.2 Å². The SMILES string of the molecule is C=N[C@H](C[C@@H](Cc1ccc(OCCCF)cc1)C(=O)O)C(C)=O. The van der Waals surface area contributed by atoms with E-state index < -0.39 is 24.6 Å². The second kappa shape index (κ2) is 9.71. The van der Waals surface area contributed by atoms with E-state index in [2.05, 4.69) is 11.7 Å². The number of carboxylic acids is 1. The minimum atomic E-state index is -0.969. The Morgan fingerprint density at radius 2 is 2.00 bits per heavy atom. The molecule has 23 heavy (non-hydrogen) atoms. The minimum Gasteiger partial charge on any atom is -0.494 e. The van der Waals surface area contributed by atoms with Crippen molar-refractivity contribution in [3.05, 3.63) is 29.8 Å². The fraction of sp³-hybridized carbons (Fsp3) is 0.471. The van der Waals surface area contributed by atoms with Crippen LogP contribution in [0.3, 0.4) is 0 Å². The van der Waals surface area contributed by atoms with Gasteiger partial charge in [-0.15, -0.1) is 0 Å². The molecular weight excluding hydrogens is 301 g/mol. The van der Waals surface area contributed by atoms with Crippen molar-refractivity contribution in [1.82, 2.24) is 0 Å². The Morgan fingerprint density at radius 3 is 2.48 bits per heavy atom. The van der Waals surface area contributed by atoms with Crippen molar-refractivity contribution in [2.45, 2.75) is 32.2 Å². The summed E-state index contributed by atoms with van der Waals surface area (Å²) in [7, 11) is 0. The zero-order valence-electron chi connectivity index (χ0n) is 13.2. The van der Waals surface area contributed by atoms with Crippen LogP contribution in [-0.2, 0) is 16.0 Å². The monoisotopic (exact) mass is 323 g/mol. The molecule has 1 rings (SSSR count). The van der Waals surface area contributed by atoms with Crippen LogP contribution in [0.1, 0.15) is 25.3 Å². The number of benzene rings is 1. The zero-order chi connectivity index (χ0) is 17.2. The summed E-state index contributed by atoms with van der Waals surface area (Å²) in [4.78, 5) is 26.5. The molecule has 0 aliphatic heterocycles. The molecule has 0 radical (unpaired) electrons. The lowest BCUT2D eigenvalue weighted by atomic mass is 9.91. The summed E-state index contributed by atoms with van der Waals surface area (Å²) in [6, 6.07) is 6.29. The van der Waals surface area contributed by atoms with E-state index in [0.717, 1.165) is 5.56 Å². The van der Waals surface area contributed by atoms with Gasteiger partial charge >= 0.3 is 5.97 Å². The molecule has 0 saturated carbocycles. The van der Waals surface area contributed by atoms with E-state index >= 15 is 0 Å². The number of rotatable bonds is 11. The summed E-state index contributed by atoms with van der Waals surface area (Å²) in [6.07, 6.45) is 0.756. The summed E-state index contributed by atoms with van der Waals surface area (Å²) in [5, 5.41) is 9.33. The molecule has 2 atom stereocenters. The Morgan fingerprint density at radius 1 is 1.35 bits per heavy atom. The molecule has 0 heterocycles. The van der Waals surface area contributed by atoms with Crippen molar-refractivity contribution < 1.29 is 23.8 Å². The number of alkyl halides is 1. The van der Waals surface area contributed by atoms with E-state index in [1.807, 2.05) is 0 Å². The first-order valence-corrected chi connectivity index (χ1v) is 7.44. The van der Waals surface area contributed by atoms with Gasteiger partial charge in [0.2, 0.25) is 0 Å².